The van der Waals surface area contributed by atoms with Gasteiger partial charge < -0.3 is 5.32 Å². The van der Waals surface area contributed by atoms with Gasteiger partial charge in [0.25, 0.3) is 0 Å². The third-order valence-electron chi connectivity index (χ3n) is 4.14. The van der Waals surface area contributed by atoms with Crippen LogP contribution in [0.4, 0.5) is 0 Å². The normalized spacial score (nSPS) is 17.3. The molecule has 0 radical (unpaired) electrons. The summed E-state index contributed by atoms with van der Waals surface area (Å²) in [6, 6.07) is 0. The van der Waals surface area contributed by atoms with Crippen LogP contribution in [-0.4, -0.2) is 40.9 Å². The summed E-state index contributed by atoms with van der Waals surface area (Å²) in [5.41, 5.74) is 2.66. The summed E-state index contributed by atoms with van der Waals surface area (Å²) in [6.45, 7) is 10.2. The zero-order valence-corrected chi connectivity index (χ0v) is 12.7. The summed E-state index contributed by atoms with van der Waals surface area (Å²) in [5, 5.41) is 7.99. The topological polar surface area (TPSA) is 33.1 Å². The average molecular weight is 264 g/mol. The fourth-order valence-corrected chi connectivity index (χ4v) is 2.99. The van der Waals surface area contributed by atoms with Gasteiger partial charge in [0, 0.05) is 31.9 Å². The zero-order valence-electron chi connectivity index (χ0n) is 12.7. The molecular weight excluding hydrogens is 236 g/mol. The lowest BCUT2D eigenvalue weighted by molar-refractivity contribution is 0.206. The first-order valence-electron chi connectivity index (χ1n) is 7.67. The van der Waals surface area contributed by atoms with Crippen molar-refractivity contribution >= 4 is 0 Å². The van der Waals surface area contributed by atoms with Crippen LogP contribution in [0.1, 0.15) is 37.9 Å². The van der Waals surface area contributed by atoms with E-state index in [0.29, 0.717) is 0 Å². The van der Waals surface area contributed by atoms with E-state index in [9.17, 15) is 0 Å². The monoisotopic (exact) mass is 264 g/mol. The molecule has 2 heterocycles. The van der Waals surface area contributed by atoms with Crippen LogP contribution in [0.5, 0.6) is 0 Å². The molecule has 0 spiro atoms. The Labute approximate surface area is 117 Å². The maximum atomic E-state index is 4.54. The molecule has 1 N–H and O–H groups in total. The van der Waals surface area contributed by atoms with Crippen LogP contribution in [-0.2, 0) is 20.0 Å². The number of nitrogens with one attached hydrogen (secondary N) is 1. The van der Waals surface area contributed by atoms with Crippen LogP contribution in [0.25, 0.3) is 0 Å². The smallest absolute Gasteiger partial charge is 0.0666 e. The summed E-state index contributed by atoms with van der Waals surface area (Å²) in [7, 11) is 2.02. The number of piperidine rings is 1. The van der Waals surface area contributed by atoms with E-state index in [1.165, 1.54) is 43.7 Å². The van der Waals surface area contributed by atoms with Crippen LogP contribution >= 0.6 is 0 Å². The number of nitrogens with zero attached hydrogens (tertiary/aromatic N) is 3. The molecule has 1 aliphatic rings. The Morgan fingerprint density at radius 2 is 2.11 bits per heavy atom. The Morgan fingerprint density at radius 1 is 1.37 bits per heavy atom. The molecule has 0 aromatic carbocycles. The average Bonchev–Trinajstić information content (AvgIpc) is 2.79. The number of aryl methyl sites for hydroxylation is 2. The molecule has 1 saturated heterocycles. The molecule has 0 bridgehead atoms. The minimum atomic E-state index is 0.864. The molecule has 0 atom stereocenters. The van der Waals surface area contributed by atoms with Gasteiger partial charge in [-0.05, 0) is 44.8 Å². The van der Waals surface area contributed by atoms with Gasteiger partial charge in [-0.25, -0.2) is 0 Å². The lowest BCUT2D eigenvalue weighted by Gasteiger charge is -2.29. The van der Waals surface area contributed by atoms with Crippen molar-refractivity contribution in [1.29, 1.82) is 0 Å². The van der Waals surface area contributed by atoms with E-state index in [1.807, 2.05) is 11.7 Å². The summed E-state index contributed by atoms with van der Waals surface area (Å²) >= 11 is 0. The molecule has 1 fully saturated rings. The molecule has 19 heavy (non-hydrogen) atoms. The highest BCUT2D eigenvalue weighted by molar-refractivity contribution is 5.16. The molecule has 0 unspecified atom stereocenters. The Bertz CT molecular complexity index is 379. The van der Waals surface area contributed by atoms with Gasteiger partial charge >= 0.3 is 0 Å². The van der Waals surface area contributed by atoms with E-state index in [4.69, 9.17) is 0 Å². The Morgan fingerprint density at radius 3 is 2.74 bits per heavy atom. The van der Waals surface area contributed by atoms with Gasteiger partial charge in [-0.2, -0.15) is 5.10 Å². The third kappa shape index (κ3) is 4.05. The molecule has 1 aromatic heterocycles. The first-order chi connectivity index (χ1) is 9.22. The van der Waals surface area contributed by atoms with E-state index in [2.05, 4.69) is 35.4 Å². The predicted molar refractivity (Wildman–Crippen MR) is 79.1 cm³/mol. The van der Waals surface area contributed by atoms with Crippen molar-refractivity contribution in [2.45, 2.75) is 39.7 Å². The van der Waals surface area contributed by atoms with E-state index >= 15 is 0 Å². The maximum absolute atomic E-state index is 4.54. The van der Waals surface area contributed by atoms with Crippen molar-refractivity contribution < 1.29 is 0 Å². The van der Waals surface area contributed by atoms with Gasteiger partial charge in [0.05, 0.1) is 5.69 Å². The third-order valence-corrected chi connectivity index (χ3v) is 4.14. The zero-order chi connectivity index (χ0) is 13.7. The highest BCUT2D eigenvalue weighted by Crippen LogP contribution is 2.16. The fraction of sp³-hybridized carbons (Fsp3) is 0.800. The maximum Gasteiger partial charge on any atom is 0.0666 e. The first kappa shape index (κ1) is 14.5. The van der Waals surface area contributed by atoms with E-state index < -0.39 is 0 Å². The second-order valence-electron chi connectivity index (χ2n) is 5.65. The fourth-order valence-electron chi connectivity index (χ4n) is 2.99. The summed E-state index contributed by atoms with van der Waals surface area (Å²) in [5.74, 6) is 0.864. The highest BCUT2D eigenvalue weighted by Gasteiger charge is 2.17. The van der Waals surface area contributed by atoms with Crippen LogP contribution in [0, 0.1) is 5.92 Å². The first-order valence-corrected chi connectivity index (χ1v) is 7.67. The Hall–Kier alpha value is -0.870. The number of hydrogen-bond donors (Lipinski definition) is 1. The van der Waals surface area contributed by atoms with Crippen LogP contribution in [0.3, 0.4) is 0 Å². The standard InChI is InChI=1S/C15H28N4/c1-4-15-14(11-18(3)17-15)12-19(5-2)10-13-6-8-16-9-7-13/h11,13,16H,4-10,12H2,1-3H3. The minimum Gasteiger partial charge on any atom is -0.317 e. The quantitative estimate of drug-likeness (QED) is 0.850. The SMILES string of the molecule is CCc1nn(C)cc1CN(CC)CC1CCNCC1. The van der Waals surface area contributed by atoms with Crippen molar-refractivity contribution in [1.82, 2.24) is 20.0 Å². The van der Waals surface area contributed by atoms with Crippen LogP contribution in [0.15, 0.2) is 6.20 Å². The number of aromatic nitrogens is 2. The molecular formula is C15H28N4. The summed E-state index contributed by atoms with van der Waals surface area (Å²) in [4.78, 5) is 2.58. The van der Waals surface area contributed by atoms with Gasteiger partial charge in [0.15, 0.2) is 0 Å². The lowest BCUT2D eigenvalue weighted by Crippen LogP contribution is -2.36. The van der Waals surface area contributed by atoms with Crippen molar-refractivity contribution in [3.05, 3.63) is 17.5 Å². The molecule has 0 saturated carbocycles. The number of rotatable bonds is 6. The molecule has 0 amide bonds. The molecule has 4 nitrogen and oxygen atoms in total. The van der Waals surface area contributed by atoms with E-state index in [0.717, 1.165) is 25.4 Å². The van der Waals surface area contributed by atoms with Crippen molar-refractivity contribution in [2.24, 2.45) is 13.0 Å². The van der Waals surface area contributed by atoms with Gasteiger partial charge in [0.1, 0.15) is 0 Å². The van der Waals surface area contributed by atoms with Crippen LogP contribution < -0.4 is 5.32 Å². The van der Waals surface area contributed by atoms with Crippen LogP contribution in [0.2, 0.25) is 0 Å². The molecule has 108 valence electrons. The predicted octanol–water partition coefficient (Wildman–Crippen LogP) is 1.80. The van der Waals surface area contributed by atoms with Gasteiger partial charge in [0.2, 0.25) is 0 Å². The van der Waals surface area contributed by atoms with E-state index in [-0.39, 0.29) is 0 Å². The van der Waals surface area contributed by atoms with Gasteiger partial charge in [-0.15, -0.1) is 0 Å². The number of hydrogen-bond acceptors (Lipinski definition) is 3. The van der Waals surface area contributed by atoms with Crippen molar-refractivity contribution in [3.63, 3.8) is 0 Å². The molecule has 1 aromatic rings. The van der Waals surface area contributed by atoms with Gasteiger partial charge in [-0.3, -0.25) is 9.58 Å². The largest absolute Gasteiger partial charge is 0.317 e. The van der Waals surface area contributed by atoms with Gasteiger partial charge in [-0.1, -0.05) is 13.8 Å². The van der Waals surface area contributed by atoms with Crippen molar-refractivity contribution in [3.8, 4) is 0 Å². The highest BCUT2D eigenvalue weighted by atomic mass is 15.3. The molecule has 2 rings (SSSR count). The second kappa shape index (κ2) is 7.06. The van der Waals surface area contributed by atoms with Crippen molar-refractivity contribution in [2.75, 3.05) is 26.2 Å². The molecule has 1 aliphatic heterocycles. The summed E-state index contributed by atoms with van der Waals surface area (Å²) < 4.78 is 1.95. The van der Waals surface area contributed by atoms with E-state index in [1.54, 1.807) is 0 Å². The molecule has 4 heteroatoms. The lowest BCUT2D eigenvalue weighted by atomic mass is 9.97. The second-order valence-corrected chi connectivity index (χ2v) is 5.65. The minimum absolute atomic E-state index is 0.864. The molecule has 0 aliphatic carbocycles. The Kier molecular flexibility index (Phi) is 5.40. The Balaban J connectivity index is 1.93. The summed E-state index contributed by atoms with van der Waals surface area (Å²) in [6.07, 6.45) is 5.86.